The molecule has 0 aliphatic rings. The number of nitrogens with zero attached hydrogens (tertiary/aromatic N) is 1. The van der Waals surface area contributed by atoms with E-state index in [4.69, 9.17) is 5.73 Å². The van der Waals surface area contributed by atoms with E-state index in [1.54, 1.807) is 0 Å². The molecule has 1 aromatic heterocycles. The van der Waals surface area contributed by atoms with Crippen molar-refractivity contribution in [2.24, 2.45) is 12.8 Å². The van der Waals surface area contributed by atoms with Crippen molar-refractivity contribution in [2.45, 2.75) is 19.9 Å². The van der Waals surface area contributed by atoms with E-state index in [2.05, 4.69) is 92.4 Å². The molecule has 1 unspecified atom stereocenters. The minimum atomic E-state index is -0.0659. The van der Waals surface area contributed by atoms with Gasteiger partial charge in [-0.25, -0.2) is 0 Å². The van der Waals surface area contributed by atoms with Gasteiger partial charge in [0, 0.05) is 34.9 Å². The molecule has 2 heteroatoms. The van der Waals surface area contributed by atoms with Gasteiger partial charge in [0.15, 0.2) is 0 Å². The second-order valence-electron chi connectivity index (χ2n) is 7.63. The van der Waals surface area contributed by atoms with E-state index in [-0.39, 0.29) is 6.04 Å². The first-order valence-corrected chi connectivity index (χ1v) is 9.60. The Bertz CT molecular complexity index is 1240. The van der Waals surface area contributed by atoms with Gasteiger partial charge in [0.1, 0.15) is 0 Å². The van der Waals surface area contributed by atoms with Gasteiger partial charge in [-0.1, -0.05) is 49.6 Å². The van der Waals surface area contributed by atoms with Gasteiger partial charge in [-0.05, 0) is 71.5 Å². The summed E-state index contributed by atoms with van der Waals surface area (Å²) in [4.78, 5) is 0. The van der Waals surface area contributed by atoms with E-state index in [9.17, 15) is 0 Å². The molecule has 0 bridgehead atoms. The van der Waals surface area contributed by atoms with Gasteiger partial charge in [-0.3, -0.25) is 0 Å². The Kier molecular flexibility index (Phi) is 4.44. The molecule has 2 N–H and O–H groups in total. The summed E-state index contributed by atoms with van der Waals surface area (Å²) in [5.74, 6) is 0. The molecule has 0 amide bonds. The lowest BCUT2D eigenvalue weighted by Crippen LogP contribution is -2.15. The molecule has 0 fully saturated rings. The number of hydrogen-bond donors (Lipinski definition) is 1. The van der Waals surface area contributed by atoms with E-state index >= 15 is 0 Å². The topological polar surface area (TPSA) is 30.9 Å². The Balaban J connectivity index is 1.91. The predicted octanol–water partition coefficient (Wildman–Crippen LogP) is 6.06. The lowest BCUT2D eigenvalue weighted by Gasteiger charge is -2.10. The average molecular weight is 367 g/mol. The number of hydrogen-bond acceptors (Lipinski definition) is 1. The number of aryl methyl sites for hydroxylation is 2. The molecule has 0 spiro atoms. The molecule has 1 heterocycles. The summed E-state index contributed by atoms with van der Waals surface area (Å²) in [6, 6.07) is 21.4. The number of fused-ring (bicyclic) bond motifs is 3. The fourth-order valence-corrected chi connectivity index (χ4v) is 3.94. The van der Waals surface area contributed by atoms with Crippen LogP contribution in [0.1, 0.15) is 29.2 Å². The predicted molar refractivity (Wildman–Crippen MR) is 122 cm³/mol. The van der Waals surface area contributed by atoms with Crippen LogP contribution in [0.5, 0.6) is 0 Å². The van der Waals surface area contributed by atoms with Crippen molar-refractivity contribution in [3.8, 4) is 0 Å². The Morgan fingerprint density at radius 3 is 2.07 bits per heavy atom. The third kappa shape index (κ3) is 2.87. The lowest BCUT2D eigenvalue weighted by molar-refractivity contribution is 0.949. The van der Waals surface area contributed by atoms with Gasteiger partial charge in [0.2, 0.25) is 0 Å². The molecule has 2 nitrogen and oxygen atoms in total. The molecular formula is C26H26N2. The zero-order valence-corrected chi connectivity index (χ0v) is 16.8. The molecule has 0 saturated carbocycles. The molecule has 4 rings (SSSR count). The van der Waals surface area contributed by atoms with Crippen molar-refractivity contribution in [3.63, 3.8) is 0 Å². The molecule has 3 aromatic carbocycles. The first kappa shape index (κ1) is 18.3. The van der Waals surface area contributed by atoms with Gasteiger partial charge >= 0.3 is 0 Å². The van der Waals surface area contributed by atoms with Crippen LogP contribution in [0.4, 0.5) is 0 Å². The van der Waals surface area contributed by atoms with Gasteiger partial charge in [-0.15, -0.1) is 0 Å². The zero-order valence-electron chi connectivity index (χ0n) is 16.8. The minimum Gasteiger partial charge on any atom is -0.344 e. The highest BCUT2D eigenvalue weighted by atomic mass is 14.9. The molecule has 0 aliphatic heterocycles. The van der Waals surface area contributed by atoms with Crippen molar-refractivity contribution in [2.75, 3.05) is 0 Å². The maximum atomic E-state index is 6.06. The second kappa shape index (κ2) is 6.81. The SMILES string of the molecule is C=C(c1ccc2c(c1)c1cc(C(=C)C(C)N)ccc1n2C)c1ccccc1C. The highest BCUT2D eigenvalue weighted by Crippen LogP contribution is 2.34. The lowest BCUT2D eigenvalue weighted by atomic mass is 9.94. The van der Waals surface area contributed by atoms with Crippen LogP contribution in [-0.2, 0) is 7.05 Å². The molecule has 4 aromatic rings. The van der Waals surface area contributed by atoms with E-state index in [0.717, 1.165) is 22.3 Å². The molecule has 140 valence electrons. The summed E-state index contributed by atoms with van der Waals surface area (Å²) < 4.78 is 2.24. The molecule has 0 aliphatic carbocycles. The van der Waals surface area contributed by atoms with Crippen molar-refractivity contribution < 1.29 is 0 Å². The second-order valence-corrected chi connectivity index (χ2v) is 7.63. The maximum absolute atomic E-state index is 6.06. The Morgan fingerprint density at radius 2 is 1.46 bits per heavy atom. The summed E-state index contributed by atoms with van der Waals surface area (Å²) >= 11 is 0. The Labute approximate surface area is 166 Å². The summed E-state index contributed by atoms with van der Waals surface area (Å²) in [6.45, 7) is 12.6. The first-order chi connectivity index (χ1) is 13.4. The normalized spacial score (nSPS) is 12.4. The smallest absolute Gasteiger partial charge is 0.0489 e. The standard InChI is InChI=1S/C26H26N2/c1-16-8-6-7-9-22(16)18(3)21-11-13-26-24(15-21)23-14-20(17(2)19(4)27)10-12-25(23)28(26)5/h6-15,19H,2-3,27H2,1,4-5H3. The van der Waals surface area contributed by atoms with Crippen LogP contribution in [0.2, 0.25) is 0 Å². The van der Waals surface area contributed by atoms with Gasteiger partial charge in [0.25, 0.3) is 0 Å². The maximum Gasteiger partial charge on any atom is 0.0489 e. The molecular weight excluding hydrogens is 340 g/mol. The van der Waals surface area contributed by atoms with Crippen LogP contribution >= 0.6 is 0 Å². The number of nitrogens with two attached hydrogens (primary N) is 1. The zero-order chi connectivity index (χ0) is 20.0. The van der Waals surface area contributed by atoms with Crippen molar-refractivity contribution in [1.82, 2.24) is 4.57 Å². The van der Waals surface area contributed by atoms with Gasteiger partial charge < -0.3 is 10.3 Å². The third-order valence-corrected chi connectivity index (χ3v) is 5.75. The van der Waals surface area contributed by atoms with E-state index < -0.39 is 0 Å². The third-order valence-electron chi connectivity index (χ3n) is 5.75. The van der Waals surface area contributed by atoms with Crippen LogP contribution in [0.25, 0.3) is 33.0 Å². The largest absolute Gasteiger partial charge is 0.344 e. The summed E-state index contributed by atoms with van der Waals surface area (Å²) in [5, 5.41) is 2.44. The number of benzene rings is 3. The summed E-state index contributed by atoms with van der Waals surface area (Å²) in [5.41, 5.74) is 15.1. The molecule has 0 radical (unpaired) electrons. The minimum absolute atomic E-state index is 0.0659. The Morgan fingerprint density at radius 1 is 0.893 bits per heavy atom. The van der Waals surface area contributed by atoms with E-state index in [1.807, 2.05) is 6.92 Å². The summed E-state index contributed by atoms with van der Waals surface area (Å²) in [6.07, 6.45) is 0. The van der Waals surface area contributed by atoms with Crippen LogP contribution < -0.4 is 5.73 Å². The number of aromatic nitrogens is 1. The fraction of sp³-hybridized carbons (Fsp3) is 0.154. The van der Waals surface area contributed by atoms with E-state index in [0.29, 0.717) is 0 Å². The van der Waals surface area contributed by atoms with Crippen LogP contribution in [0, 0.1) is 6.92 Å². The molecule has 0 saturated heterocycles. The highest BCUT2D eigenvalue weighted by Gasteiger charge is 2.13. The average Bonchev–Trinajstić information content (AvgIpc) is 2.98. The van der Waals surface area contributed by atoms with Gasteiger partial charge in [0.05, 0.1) is 0 Å². The number of rotatable bonds is 4. The quantitative estimate of drug-likeness (QED) is 0.467. The first-order valence-electron chi connectivity index (χ1n) is 9.60. The van der Waals surface area contributed by atoms with Crippen molar-refractivity contribution in [3.05, 3.63) is 96.1 Å². The van der Waals surface area contributed by atoms with E-state index in [1.165, 1.54) is 32.9 Å². The van der Waals surface area contributed by atoms with Crippen molar-refractivity contribution in [1.29, 1.82) is 0 Å². The molecule has 28 heavy (non-hydrogen) atoms. The summed E-state index contributed by atoms with van der Waals surface area (Å²) in [7, 11) is 2.11. The van der Waals surface area contributed by atoms with Gasteiger partial charge in [-0.2, -0.15) is 0 Å². The fourth-order valence-electron chi connectivity index (χ4n) is 3.94. The highest BCUT2D eigenvalue weighted by molar-refractivity contribution is 6.10. The monoisotopic (exact) mass is 366 g/mol. The van der Waals surface area contributed by atoms with Crippen LogP contribution in [-0.4, -0.2) is 10.6 Å². The molecule has 1 atom stereocenters. The van der Waals surface area contributed by atoms with Crippen LogP contribution in [0.15, 0.2) is 73.8 Å². The Hall–Kier alpha value is -3.10. The van der Waals surface area contributed by atoms with Crippen molar-refractivity contribution >= 4 is 33.0 Å². The van der Waals surface area contributed by atoms with Crippen LogP contribution in [0.3, 0.4) is 0 Å².